The number of halogens is 9. The summed E-state index contributed by atoms with van der Waals surface area (Å²) in [6.07, 6.45) is -12.9. The second-order valence-electron chi connectivity index (χ2n) is 13.1. The molecule has 1 fully saturated rings. The molecule has 0 aromatic carbocycles. The number of Topliss-reactive ketones (excluding diaryl/α,β-unsaturated/α-hetero) is 2. The van der Waals surface area contributed by atoms with Crippen molar-refractivity contribution in [1.29, 1.82) is 0 Å². The molecule has 0 radical (unpaired) electrons. The van der Waals surface area contributed by atoms with Gasteiger partial charge in [-0.25, -0.2) is 0 Å². The number of hydrogen-bond acceptors (Lipinski definition) is 4. The van der Waals surface area contributed by atoms with Crippen LogP contribution in [0.4, 0.5) is 39.5 Å². The summed E-state index contributed by atoms with van der Waals surface area (Å²) >= 11 is 0. The first kappa shape index (κ1) is 41.5. The molecule has 0 spiro atoms. The van der Waals surface area contributed by atoms with Crippen LogP contribution in [0.25, 0.3) is 0 Å². The molecular formula is C28H45F9O4. The highest BCUT2D eigenvalue weighted by Crippen LogP contribution is 2.63. The zero-order valence-corrected chi connectivity index (χ0v) is 26.2. The molecule has 0 aliphatic carbocycles. The Bertz CT molecular complexity index is 932. The van der Waals surface area contributed by atoms with E-state index in [1.165, 1.54) is 48.5 Å². The molecule has 244 valence electrons. The minimum atomic E-state index is -4.78. The largest absolute Gasteiger partial charge is 0.450 e. The molecule has 0 amide bonds. The first-order valence-electron chi connectivity index (χ1n) is 12.9. The lowest BCUT2D eigenvalue weighted by Gasteiger charge is -2.43. The van der Waals surface area contributed by atoms with Crippen molar-refractivity contribution in [3.05, 3.63) is 12.2 Å². The average molecular weight is 617 g/mol. The number of allylic oxidation sites excluding steroid dienone is 1. The fourth-order valence-electron chi connectivity index (χ4n) is 3.24. The molecule has 13 heteroatoms. The quantitative estimate of drug-likeness (QED) is 0.118. The van der Waals surface area contributed by atoms with Gasteiger partial charge in [0.15, 0.2) is 0 Å². The van der Waals surface area contributed by atoms with Gasteiger partial charge in [0.05, 0.1) is 5.41 Å². The fraction of sp³-hybridized carbons (Fsp3) is 0.857. The zero-order chi connectivity index (χ0) is 34.1. The molecule has 0 N–H and O–H groups in total. The van der Waals surface area contributed by atoms with Gasteiger partial charge in [-0.15, -0.1) is 0 Å². The van der Waals surface area contributed by atoms with E-state index in [1.807, 2.05) is 6.92 Å². The monoisotopic (exact) mass is 616 g/mol. The molecular weight excluding hydrogens is 571 g/mol. The van der Waals surface area contributed by atoms with E-state index in [0.29, 0.717) is 12.8 Å². The van der Waals surface area contributed by atoms with Crippen LogP contribution in [0.15, 0.2) is 12.2 Å². The van der Waals surface area contributed by atoms with Crippen LogP contribution >= 0.6 is 0 Å². The maximum atomic E-state index is 12.8. The van der Waals surface area contributed by atoms with Crippen LogP contribution in [0, 0.1) is 27.1 Å². The Labute approximate surface area is 237 Å². The first-order valence-corrected chi connectivity index (χ1v) is 12.9. The van der Waals surface area contributed by atoms with Crippen molar-refractivity contribution in [2.75, 3.05) is 0 Å². The molecule has 0 aromatic heterocycles. The van der Waals surface area contributed by atoms with E-state index < -0.39 is 63.0 Å². The second-order valence-corrected chi connectivity index (χ2v) is 13.1. The fourth-order valence-corrected chi connectivity index (χ4v) is 3.24. The summed E-state index contributed by atoms with van der Waals surface area (Å²) in [5, 5.41) is 0. The van der Waals surface area contributed by atoms with Crippen LogP contribution in [-0.2, 0) is 19.4 Å². The molecule has 0 bridgehead atoms. The number of carbonyl (C=O) groups is 2. The summed E-state index contributed by atoms with van der Waals surface area (Å²) in [6.45, 7) is 23.5. The predicted octanol–water partition coefficient (Wildman–Crippen LogP) is 9.97. The summed E-state index contributed by atoms with van der Waals surface area (Å²) < 4.78 is 111. The highest BCUT2D eigenvalue weighted by Gasteiger charge is 2.80. The van der Waals surface area contributed by atoms with Gasteiger partial charge in [0, 0.05) is 10.8 Å². The highest BCUT2D eigenvalue weighted by molar-refractivity contribution is 5.91. The number of hydrogen-bond donors (Lipinski definition) is 0. The summed E-state index contributed by atoms with van der Waals surface area (Å²) in [7, 11) is 0. The van der Waals surface area contributed by atoms with Gasteiger partial charge in [-0.3, -0.25) is 9.59 Å². The highest BCUT2D eigenvalue weighted by atomic mass is 19.4. The van der Waals surface area contributed by atoms with Crippen LogP contribution in [0.1, 0.15) is 103 Å². The van der Waals surface area contributed by atoms with Gasteiger partial charge < -0.3 is 0 Å². The lowest BCUT2D eigenvalue weighted by atomic mass is 9.62. The molecule has 1 saturated heterocycles. The third-order valence-corrected chi connectivity index (χ3v) is 9.31. The van der Waals surface area contributed by atoms with Gasteiger partial charge in [-0.1, -0.05) is 94.2 Å². The van der Waals surface area contributed by atoms with Gasteiger partial charge in [0.2, 0.25) is 11.6 Å². The van der Waals surface area contributed by atoms with Gasteiger partial charge in [-0.2, -0.15) is 49.3 Å². The zero-order valence-electron chi connectivity index (χ0n) is 26.2. The van der Waals surface area contributed by atoms with Crippen molar-refractivity contribution in [3.63, 3.8) is 0 Å². The molecule has 0 aromatic rings. The number of alkyl halides is 9. The Kier molecular flexibility index (Phi) is 12.7. The van der Waals surface area contributed by atoms with Crippen molar-refractivity contribution >= 4 is 11.6 Å². The smallest absolute Gasteiger partial charge is 0.289 e. The third-order valence-electron chi connectivity index (χ3n) is 9.31. The lowest BCUT2D eigenvalue weighted by Crippen LogP contribution is -2.52. The third kappa shape index (κ3) is 8.93. The molecule has 1 aliphatic rings. The molecule has 41 heavy (non-hydrogen) atoms. The molecule has 4 nitrogen and oxygen atoms in total. The van der Waals surface area contributed by atoms with Crippen LogP contribution in [0.2, 0.25) is 0 Å². The Morgan fingerprint density at radius 1 is 0.634 bits per heavy atom. The maximum Gasteiger partial charge on any atom is 0.450 e. The predicted molar refractivity (Wildman–Crippen MR) is 137 cm³/mol. The standard InChI is InChI=1S/C10H17F3O2.C10H17F3O.C8H11F3O/c1-6-7(2,3)8(4,5)9(14-15-9)10(11,12)13;1-6-8(2,3)9(4,5)7(14)10(11,12)13;1-5(2)7(3,4)6(12)8(9,10)11/h6H2,1-5H3;6H2,1-5H3;1H2,2-4H3. The molecule has 0 saturated carbocycles. The van der Waals surface area contributed by atoms with Gasteiger partial charge in [0.25, 0.3) is 0 Å². The minimum absolute atomic E-state index is 0.213. The Balaban J connectivity index is 0. The molecule has 1 rings (SSSR count). The van der Waals surface area contributed by atoms with E-state index >= 15 is 0 Å². The Hall–Kier alpha value is -1.63. The molecule has 0 atom stereocenters. The lowest BCUT2D eigenvalue weighted by molar-refractivity contribution is -0.239. The van der Waals surface area contributed by atoms with Gasteiger partial charge in [0.1, 0.15) is 0 Å². The average Bonchev–Trinajstić information content (AvgIpc) is 3.60. The van der Waals surface area contributed by atoms with E-state index in [-0.39, 0.29) is 5.57 Å². The van der Waals surface area contributed by atoms with Crippen LogP contribution < -0.4 is 0 Å². The molecule has 0 unspecified atom stereocenters. The van der Waals surface area contributed by atoms with Crippen LogP contribution in [-0.4, -0.2) is 35.9 Å². The van der Waals surface area contributed by atoms with E-state index in [2.05, 4.69) is 16.4 Å². The van der Waals surface area contributed by atoms with E-state index in [0.717, 1.165) is 0 Å². The van der Waals surface area contributed by atoms with Crippen molar-refractivity contribution in [2.45, 2.75) is 127 Å². The molecule has 1 heterocycles. The van der Waals surface area contributed by atoms with Crippen molar-refractivity contribution in [3.8, 4) is 0 Å². The SMILES string of the molecule is C=C(C)C(C)(C)C(=O)C(F)(F)F.CCC(C)(C)C(C)(C)C(=O)C(F)(F)F.CCC(C)(C)C(C)(C)C1(C(F)(F)F)OO1. The number of rotatable bonds is 8. The summed E-state index contributed by atoms with van der Waals surface area (Å²) in [4.78, 5) is 30.5. The number of carbonyl (C=O) groups excluding carboxylic acids is 2. The van der Waals surface area contributed by atoms with Gasteiger partial charge in [-0.05, 0) is 31.6 Å². The summed E-state index contributed by atoms with van der Waals surface area (Å²) in [5.74, 6) is -5.82. The number of ketones is 2. The van der Waals surface area contributed by atoms with E-state index in [1.54, 1.807) is 34.6 Å². The Morgan fingerprint density at radius 3 is 1.12 bits per heavy atom. The van der Waals surface area contributed by atoms with Crippen LogP contribution in [0.5, 0.6) is 0 Å². The summed E-state index contributed by atoms with van der Waals surface area (Å²) in [5.41, 5.74) is -4.99. The van der Waals surface area contributed by atoms with Crippen molar-refractivity contribution in [2.24, 2.45) is 27.1 Å². The normalized spacial score (nSPS) is 16.5. The van der Waals surface area contributed by atoms with Crippen molar-refractivity contribution < 1.29 is 58.9 Å². The van der Waals surface area contributed by atoms with Gasteiger partial charge >= 0.3 is 24.3 Å². The van der Waals surface area contributed by atoms with E-state index in [4.69, 9.17) is 0 Å². The topological polar surface area (TPSA) is 59.2 Å². The second kappa shape index (κ2) is 12.5. The Morgan fingerprint density at radius 2 is 0.951 bits per heavy atom. The minimum Gasteiger partial charge on any atom is -0.289 e. The van der Waals surface area contributed by atoms with Crippen molar-refractivity contribution in [1.82, 2.24) is 0 Å². The summed E-state index contributed by atoms with van der Waals surface area (Å²) in [6, 6.07) is 0. The maximum absolute atomic E-state index is 12.8. The molecule has 1 aliphatic heterocycles. The van der Waals surface area contributed by atoms with Crippen LogP contribution in [0.3, 0.4) is 0 Å². The first-order chi connectivity index (χ1) is 17.6. The van der Waals surface area contributed by atoms with E-state index in [9.17, 15) is 49.1 Å².